The molecule has 0 spiro atoms. The Hall–Kier alpha value is -2.44. The Kier molecular flexibility index (Phi) is 5.31. The summed E-state index contributed by atoms with van der Waals surface area (Å²) in [5, 5.41) is 10.6. The van der Waals surface area contributed by atoms with Gasteiger partial charge in [0.25, 0.3) is 11.6 Å². The average molecular weight is 320 g/mol. The van der Waals surface area contributed by atoms with Crippen molar-refractivity contribution in [3.63, 3.8) is 0 Å². The number of amides is 1. The fourth-order valence-electron chi connectivity index (χ4n) is 2.92. The van der Waals surface area contributed by atoms with Gasteiger partial charge in [-0.3, -0.25) is 14.9 Å². The van der Waals surface area contributed by atoms with Crippen molar-refractivity contribution < 1.29 is 19.2 Å². The van der Waals surface area contributed by atoms with E-state index in [4.69, 9.17) is 4.74 Å². The molecule has 7 heteroatoms. The highest BCUT2D eigenvalue weighted by molar-refractivity contribution is 5.91. The number of hydrogen-bond donors (Lipinski definition) is 0. The molecule has 1 saturated heterocycles. The first-order chi connectivity index (χ1) is 10.9. The molecule has 7 nitrogen and oxygen atoms in total. The predicted octanol–water partition coefficient (Wildman–Crippen LogP) is 2.54. The monoisotopic (exact) mass is 320 g/mol. The van der Waals surface area contributed by atoms with Gasteiger partial charge in [-0.25, -0.2) is 4.79 Å². The molecular weight excluding hydrogens is 300 g/mol. The summed E-state index contributed by atoms with van der Waals surface area (Å²) in [4.78, 5) is 36.0. The van der Waals surface area contributed by atoms with Gasteiger partial charge in [0.05, 0.1) is 10.5 Å². The van der Waals surface area contributed by atoms with E-state index >= 15 is 0 Å². The summed E-state index contributed by atoms with van der Waals surface area (Å²) >= 11 is 0. The third kappa shape index (κ3) is 4.06. The molecule has 2 unspecified atom stereocenters. The summed E-state index contributed by atoms with van der Waals surface area (Å²) in [5.74, 6) is -0.870. The third-order valence-corrected chi connectivity index (χ3v) is 4.12. The van der Waals surface area contributed by atoms with Crippen LogP contribution < -0.4 is 0 Å². The second-order valence-electron chi connectivity index (χ2n) is 5.81. The minimum Gasteiger partial charge on any atom is -0.452 e. The highest BCUT2D eigenvalue weighted by atomic mass is 16.6. The van der Waals surface area contributed by atoms with Gasteiger partial charge in [-0.1, -0.05) is 0 Å². The minimum absolute atomic E-state index is 0.103. The Balaban J connectivity index is 1.93. The van der Waals surface area contributed by atoms with Crippen molar-refractivity contribution in [3.05, 3.63) is 39.9 Å². The number of ether oxygens (including phenoxy) is 1. The average Bonchev–Trinajstić information content (AvgIpc) is 2.52. The topological polar surface area (TPSA) is 89.8 Å². The van der Waals surface area contributed by atoms with Gasteiger partial charge < -0.3 is 9.64 Å². The molecule has 1 aliphatic rings. The molecule has 0 aliphatic carbocycles. The Morgan fingerprint density at radius 3 is 2.30 bits per heavy atom. The number of esters is 1. The van der Waals surface area contributed by atoms with Gasteiger partial charge >= 0.3 is 5.97 Å². The summed E-state index contributed by atoms with van der Waals surface area (Å²) in [7, 11) is 0. The first-order valence-electron chi connectivity index (χ1n) is 7.63. The number of non-ortho nitro benzene ring substituents is 1. The third-order valence-electron chi connectivity index (χ3n) is 4.12. The van der Waals surface area contributed by atoms with Crippen molar-refractivity contribution in [2.24, 2.45) is 0 Å². The van der Waals surface area contributed by atoms with E-state index in [1.165, 1.54) is 24.3 Å². The van der Waals surface area contributed by atoms with Gasteiger partial charge in [0.15, 0.2) is 6.61 Å². The van der Waals surface area contributed by atoms with E-state index in [1.54, 1.807) is 4.90 Å². The Labute approximate surface area is 134 Å². The SMILES string of the molecule is CC1CCCC(C)N1C(=O)COC(=O)c1ccc([N+](=O)[O-])cc1. The van der Waals surface area contributed by atoms with Gasteiger partial charge in [0.2, 0.25) is 0 Å². The quantitative estimate of drug-likeness (QED) is 0.483. The van der Waals surface area contributed by atoms with E-state index in [1.807, 2.05) is 13.8 Å². The van der Waals surface area contributed by atoms with Gasteiger partial charge in [-0.2, -0.15) is 0 Å². The lowest BCUT2D eigenvalue weighted by atomic mass is 9.97. The molecule has 1 heterocycles. The summed E-state index contributed by atoms with van der Waals surface area (Å²) in [6, 6.07) is 5.38. The summed E-state index contributed by atoms with van der Waals surface area (Å²) < 4.78 is 5.04. The number of rotatable bonds is 4. The molecule has 1 aromatic carbocycles. The second-order valence-corrected chi connectivity index (χ2v) is 5.81. The van der Waals surface area contributed by atoms with Crippen LogP contribution in [0.2, 0.25) is 0 Å². The zero-order chi connectivity index (χ0) is 17.0. The van der Waals surface area contributed by atoms with Gasteiger partial charge in [0.1, 0.15) is 0 Å². The lowest BCUT2D eigenvalue weighted by Crippen LogP contribution is -2.49. The lowest BCUT2D eigenvalue weighted by molar-refractivity contribution is -0.384. The number of piperidine rings is 1. The van der Waals surface area contributed by atoms with Crippen LogP contribution in [0.25, 0.3) is 0 Å². The van der Waals surface area contributed by atoms with Crippen molar-refractivity contribution in [1.82, 2.24) is 4.90 Å². The van der Waals surface area contributed by atoms with Gasteiger partial charge in [0, 0.05) is 24.2 Å². The van der Waals surface area contributed by atoms with Crippen molar-refractivity contribution in [2.75, 3.05) is 6.61 Å². The summed E-state index contributed by atoms with van der Waals surface area (Å²) in [6.45, 7) is 3.67. The van der Waals surface area contributed by atoms with Gasteiger partial charge in [-0.15, -0.1) is 0 Å². The molecule has 0 aromatic heterocycles. The van der Waals surface area contributed by atoms with Crippen LogP contribution in [0.3, 0.4) is 0 Å². The molecule has 2 rings (SSSR count). The van der Waals surface area contributed by atoms with Crippen LogP contribution in [0.1, 0.15) is 43.5 Å². The number of carbonyl (C=O) groups excluding carboxylic acids is 2. The highest BCUT2D eigenvalue weighted by Gasteiger charge is 2.29. The Morgan fingerprint density at radius 1 is 1.22 bits per heavy atom. The first kappa shape index (κ1) is 16.9. The number of benzene rings is 1. The number of nitro benzene ring substituents is 1. The molecular formula is C16H20N2O5. The molecule has 0 N–H and O–H groups in total. The number of likely N-dealkylation sites (tertiary alicyclic amines) is 1. The predicted molar refractivity (Wildman–Crippen MR) is 83.0 cm³/mol. The molecule has 1 aliphatic heterocycles. The van der Waals surface area contributed by atoms with Gasteiger partial charge in [-0.05, 0) is 45.2 Å². The summed E-state index contributed by atoms with van der Waals surface area (Å²) in [6.07, 6.45) is 2.99. The van der Waals surface area contributed by atoms with Crippen LogP contribution in [-0.4, -0.2) is 40.4 Å². The Morgan fingerprint density at radius 2 is 1.78 bits per heavy atom. The standard InChI is InChI=1S/C16H20N2O5/c1-11-4-3-5-12(2)17(11)15(19)10-23-16(20)13-6-8-14(9-7-13)18(21)22/h6-9,11-12H,3-5,10H2,1-2H3. The van der Waals surface area contributed by atoms with Crippen LogP contribution in [0.4, 0.5) is 5.69 Å². The van der Waals surface area contributed by atoms with E-state index in [0.717, 1.165) is 19.3 Å². The number of hydrogen-bond acceptors (Lipinski definition) is 5. The molecule has 0 radical (unpaired) electrons. The van der Waals surface area contributed by atoms with Crippen LogP contribution in [0, 0.1) is 10.1 Å². The van der Waals surface area contributed by atoms with Crippen molar-refractivity contribution >= 4 is 17.6 Å². The number of nitro groups is 1. The largest absolute Gasteiger partial charge is 0.452 e. The van der Waals surface area contributed by atoms with Crippen LogP contribution in [-0.2, 0) is 9.53 Å². The van der Waals surface area contributed by atoms with E-state index in [0.29, 0.717) is 0 Å². The van der Waals surface area contributed by atoms with E-state index in [9.17, 15) is 19.7 Å². The van der Waals surface area contributed by atoms with Crippen LogP contribution in [0.15, 0.2) is 24.3 Å². The molecule has 2 atom stereocenters. The zero-order valence-electron chi connectivity index (χ0n) is 13.2. The summed E-state index contributed by atoms with van der Waals surface area (Å²) in [5.41, 5.74) is 0.0803. The molecule has 0 saturated carbocycles. The highest BCUT2D eigenvalue weighted by Crippen LogP contribution is 2.22. The molecule has 23 heavy (non-hydrogen) atoms. The minimum atomic E-state index is -0.662. The molecule has 1 fully saturated rings. The van der Waals surface area contributed by atoms with Crippen molar-refractivity contribution in [3.8, 4) is 0 Å². The maximum atomic E-state index is 12.3. The van der Waals surface area contributed by atoms with E-state index in [-0.39, 0.29) is 35.8 Å². The smallest absolute Gasteiger partial charge is 0.338 e. The maximum Gasteiger partial charge on any atom is 0.338 e. The van der Waals surface area contributed by atoms with Crippen LogP contribution in [0.5, 0.6) is 0 Å². The molecule has 0 bridgehead atoms. The van der Waals surface area contributed by atoms with E-state index < -0.39 is 10.9 Å². The number of nitrogens with zero attached hydrogens (tertiary/aromatic N) is 2. The maximum absolute atomic E-state index is 12.3. The number of carbonyl (C=O) groups is 2. The lowest BCUT2D eigenvalue weighted by Gasteiger charge is -2.38. The van der Waals surface area contributed by atoms with E-state index in [2.05, 4.69) is 0 Å². The molecule has 1 aromatic rings. The first-order valence-corrected chi connectivity index (χ1v) is 7.63. The Bertz CT molecular complexity index is 589. The normalized spacial score (nSPS) is 20.9. The fraction of sp³-hybridized carbons (Fsp3) is 0.500. The second kappa shape index (κ2) is 7.21. The zero-order valence-corrected chi connectivity index (χ0v) is 13.2. The van der Waals surface area contributed by atoms with Crippen molar-refractivity contribution in [2.45, 2.75) is 45.2 Å². The van der Waals surface area contributed by atoms with Crippen molar-refractivity contribution in [1.29, 1.82) is 0 Å². The van der Waals surface area contributed by atoms with Crippen LogP contribution >= 0.6 is 0 Å². The fourth-order valence-corrected chi connectivity index (χ4v) is 2.92. The molecule has 124 valence electrons. The molecule has 1 amide bonds.